The number of nitrogens with one attached hydrogen (secondary N) is 1. The molecule has 0 aliphatic rings. The summed E-state index contributed by atoms with van der Waals surface area (Å²) >= 11 is 6.30. The third-order valence-corrected chi connectivity index (χ3v) is 5.93. The summed E-state index contributed by atoms with van der Waals surface area (Å²) in [5.74, 6) is -0.226. The fraction of sp³-hybridized carbons (Fsp3) is 0.222. The van der Waals surface area contributed by atoms with Gasteiger partial charge in [-0.1, -0.05) is 52.4 Å². The summed E-state index contributed by atoms with van der Waals surface area (Å²) in [6.07, 6.45) is 4.75. The van der Waals surface area contributed by atoms with Crippen LogP contribution in [0.3, 0.4) is 0 Å². The van der Waals surface area contributed by atoms with E-state index in [1.807, 2.05) is 24.3 Å². The van der Waals surface area contributed by atoms with Crippen LogP contribution in [-0.4, -0.2) is 21.1 Å². The van der Waals surface area contributed by atoms with E-state index >= 15 is 0 Å². The van der Waals surface area contributed by atoms with Gasteiger partial charge in [-0.2, -0.15) is 0 Å². The van der Waals surface area contributed by atoms with E-state index in [0.29, 0.717) is 15.7 Å². The number of aryl methyl sites for hydroxylation is 1. The lowest BCUT2D eigenvalue weighted by atomic mass is 10.3. The van der Waals surface area contributed by atoms with Crippen molar-refractivity contribution in [2.24, 2.45) is 0 Å². The molecule has 0 atom stereocenters. The van der Waals surface area contributed by atoms with Crippen molar-refractivity contribution in [2.45, 2.75) is 36.1 Å². The first-order valence-corrected chi connectivity index (χ1v) is 10.6. The molecule has 8 heteroatoms. The molecule has 0 bridgehead atoms. The number of rotatable bonds is 7. The Kier molecular flexibility index (Phi) is 6.76. The molecule has 0 fully saturated rings. The molecular formula is C18H17BrN4OS2. The average molecular weight is 449 g/mol. The second kappa shape index (κ2) is 9.25. The molecule has 0 aliphatic heterocycles. The molecular weight excluding hydrogens is 432 g/mol. The average Bonchev–Trinajstić information content (AvgIpc) is 3.09. The highest BCUT2D eigenvalue weighted by molar-refractivity contribution is 9.10. The molecule has 0 aliphatic carbocycles. The number of hydrogen-bond acceptors (Lipinski definition) is 6. The zero-order valence-electron chi connectivity index (χ0n) is 14.1. The number of hydrogen-bond donors (Lipinski definition) is 1. The van der Waals surface area contributed by atoms with Crippen LogP contribution in [0.5, 0.6) is 0 Å². The minimum atomic E-state index is -0.226. The van der Waals surface area contributed by atoms with Gasteiger partial charge in [0.2, 0.25) is 5.13 Å². The topological polar surface area (TPSA) is 67.8 Å². The Morgan fingerprint density at radius 1 is 1.23 bits per heavy atom. The number of unbranched alkanes of at least 4 members (excludes halogenated alkanes) is 1. The number of pyridine rings is 1. The van der Waals surface area contributed by atoms with E-state index < -0.39 is 0 Å². The minimum Gasteiger partial charge on any atom is -0.296 e. The lowest BCUT2D eigenvalue weighted by Crippen LogP contribution is -2.13. The van der Waals surface area contributed by atoms with Crippen LogP contribution in [0, 0.1) is 0 Å². The van der Waals surface area contributed by atoms with E-state index in [1.54, 1.807) is 18.3 Å². The van der Waals surface area contributed by atoms with Gasteiger partial charge in [-0.3, -0.25) is 10.1 Å². The quantitative estimate of drug-likeness (QED) is 0.520. The number of halogens is 1. The van der Waals surface area contributed by atoms with Gasteiger partial charge in [-0.25, -0.2) is 4.98 Å². The molecule has 1 N–H and O–H groups in total. The molecule has 134 valence electrons. The Balaban J connectivity index is 1.73. The number of nitrogens with zero attached hydrogens (tertiary/aromatic N) is 3. The molecule has 5 nitrogen and oxygen atoms in total. The summed E-state index contributed by atoms with van der Waals surface area (Å²) in [5.41, 5.74) is 0.519. The largest absolute Gasteiger partial charge is 0.296 e. The number of amides is 1. The molecule has 1 aromatic carbocycles. The molecule has 3 rings (SSSR count). The van der Waals surface area contributed by atoms with Gasteiger partial charge in [0.25, 0.3) is 5.91 Å². The van der Waals surface area contributed by atoms with Crippen LogP contribution in [0.25, 0.3) is 0 Å². The first kappa shape index (κ1) is 19.0. The zero-order chi connectivity index (χ0) is 18.4. The lowest BCUT2D eigenvalue weighted by molar-refractivity contribution is 0.102. The molecule has 2 aromatic heterocycles. The van der Waals surface area contributed by atoms with Gasteiger partial charge in [-0.15, -0.1) is 10.2 Å². The van der Waals surface area contributed by atoms with Gasteiger partial charge in [0.05, 0.1) is 5.56 Å². The molecule has 0 radical (unpaired) electrons. The summed E-state index contributed by atoms with van der Waals surface area (Å²) in [4.78, 5) is 18.0. The van der Waals surface area contributed by atoms with Crippen LogP contribution >= 0.6 is 39.0 Å². The summed E-state index contributed by atoms with van der Waals surface area (Å²) in [6, 6.07) is 11.4. The van der Waals surface area contributed by atoms with Crippen LogP contribution in [0.4, 0.5) is 5.13 Å². The molecule has 26 heavy (non-hydrogen) atoms. The Bertz CT molecular complexity index is 883. The molecule has 1 amide bonds. The van der Waals surface area contributed by atoms with Crippen molar-refractivity contribution in [3.8, 4) is 0 Å². The van der Waals surface area contributed by atoms with Crippen molar-refractivity contribution in [1.29, 1.82) is 0 Å². The Morgan fingerprint density at radius 2 is 2.04 bits per heavy atom. The van der Waals surface area contributed by atoms with E-state index in [-0.39, 0.29) is 5.91 Å². The molecule has 2 heterocycles. The highest BCUT2D eigenvalue weighted by Crippen LogP contribution is 2.30. The highest BCUT2D eigenvalue weighted by atomic mass is 79.9. The summed E-state index contributed by atoms with van der Waals surface area (Å²) in [5, 5.41) is 13.1. The van der Waals surface area contributed by atoms with Gasteiger partial charge in [0.1, 0.15) is 10.0 Å². The Labute approximate surface area is 168 Å². The Morgan fingerprint density at radius 3 is 2.81 bits per heavy atom. The van der Waals surface area contributed by atoms with E-state index in [2.05, 4.69) is 43.4 Å². The maximum absolute atomic E-state index is 12.7. The van der Waals surface area contributed by atoms with Crippen LogP contribution in [0.2, 0.25) is 0 Å². The van der Waals surface area contributed by atoms with Crippen LogP contribution < -0.4 is 5.32 Å². The fourth-order valence-electron chi connectivity index (χ4n) is 2.16. The SMILES string of the molecule is CCCCc1nnc(NC(=O)c2cccnc2Sc2ccc(Br)cc2)s1. The third kappa shape index (κ3) is 5.12. The van der Waals surface area contributed by atoms with Crippen molar-refractivity contribution in [3.05, 3.63) is 57.6 Å². The molecule has 3 aromatic rings. The van der Waals surface area contributed by atoms with Crippen LogP contribution in [0.1, 0.15) is 35.1 Å². The second-order valence-electron chi connectivity index (χ2n) is 5.47. The first-order valence-electron chi connectivity index (χ1n) is 8.18. The number of carbonyl (C=O) groups is 1. The molecule has 0 saturated carbocycles. The van der Waals surface area contributed by atoms with Crippen molar-refractivity contribution in [3.63, 3.8) is 0 Å². The maximum atomic E-state index is 12.7. The first-order chi connectivity index (χ1) is 12.7. The Hall–Kier alpha value is -1.77. The predicted molar refractivity (Wildman–Crippen MR) is 109 cm³/mol. The van der Waals surface area contributed by atoms with Gasteiger partial charge < -0.3 is 0 Å². The highest BCUT2D eigenvalue weighted by Gasteiger charge is 2.15. The monoisotopic (exact) mass is 448 g/mol. The number of benzene rings is 1. The lowest BCUT2D eigenvalue weighted by Gasteiger charge is -2.07. The number of carbonyl (C=O) groups excluding carboxylic acids is 1. The normalized spacial score (nSPS) is 10.7. The third-order valence-electron chi connectivity index (χ3n) is 3.48. The standard InChI is InChI=1S/C18H17BrN4OS2/c1-2-3-6-15-22-23-18(26-15)21-16(24)14-5-4-11-20-17(14)25-13-9-7-12(19)8-10-13/h4-5,7-11H,2-3,6H2,1H3,(H,21,23,24). The number of anilines is 1. The van der Waals surface area contributed by atoms with Gasteiger partial charge >= 0.3 is 0 Å². The van der Waals surface area contributed by atoms with Crippen LogP contribution in [0.15, 0.2) is 57.0 Å². The predicted octanol–water partition coefficient (Wildman–Crippen LogP) is 5.44. The van der Waals surface area contributed by atoms with Crippen molar-refractivity contribution in [1.82, 2.24) is 15.2 Å². The summed E-state index contributed by atoms with van der Waals surface area (Å²) in [6.45, 7) is 2.14. The van der Waals surface area contributed by atoms with E-state index in [9.17, 15) is 4.79 Å². The number of aromatic nitrogens is 3. The van der Waals surface area contributed by atoms with Gasteiger partial charge in [-0.05, 0) is 42.8 Å². The van der Waals surface area contributed by atoms with Crippen molar-refractivity contribution >= 4 is 50.1 Å². The zero-order valence-corrected chi connectivity index (χ0v) is 17.3. The fourth-order valence-corrected chi connectivity index (χ4v) is 4.08. The van der Waals surface area contributed by atoms with Gasteiger partial charge in [0.15, 0.2) is 0 Å². The van der Waals surface area contributed by atoms with Crippen molar-refractivity contribution in [2.75, 3.05) is 5.32 Å². The van der Waals surface area contributed by atoms with E-state index in [0.717, 1.165) is 33.6 Å². The van der Waals surface area contributed by atoms with E-state index in [4.69, 9.17) is 0 Å². The smallest absolute Gasteiger partial charge is 0.260 e. The maximum Gasteiger partial charge on any atom is 0.260 e. The molecule has 0 saturated heterocycles. The second-order valence-corrected chi connectivity index (χ2v) is 8.51. The van der Waals surface area contributed by atoms with Gasteiger partial charge in [0, 0.05) is 22.0 Å². The molecule has 0 unspecified atom stereocenters. The van der Waals surface area contributed by atoms with Crippen LogP contribution in [-0.2, 0) is 6.42 Å². The van der Waals surface area contributed by atoms with Crippen molar-refractivity contribution < 1.29 is 4.79 Å². The minimum absolute atomic E-state index is 0.226. The summed E-state index contributed by atoms with van der Waals surface area (Å²) < 4.78 is 1.01. The molecule has 0 spiro atoms. The summed E-state index contributed by atoms with van der Waals surface area (Å²) in [7, 11) is 0. The van der Waals surface area contributed by atoms with E-state index in [1.165, 1.54) is 23.1 Å².